The van der Waals surface area contributed by atoms with Gasteiger partial charge < -0.3 is 10.5 Å². The van der Waals surface area contributed by atoms with Gasteiger partial charge in [0, 0.05) is 41.4 Å². The Morgan fingerprint density at radius 3 is 2.63 bits per heavy atom. The first-order valence-corrected chi connectivity index (χ1v) is 7.91. The van der Waals surface area contributed by atoms with Crippen LogP contribution in [0.15, 0.2) is 18.2 Å². The van der Waals surface area contributed by atoms with E-state index in [1.165, 1.54) is 5.56 Å². The Labute approximate surface area is 120 Å². The highest BCUT2D eigenvalue weighted by atomic mass is 32.2. The summed E-state index contributed by atoms with van der Waals surface area (Å²) in [6, 6.07) is 5.94. The molecule has 106 valence electrons. The highest BCUT2D eigenvalue weighted by molar-refractivity contribution is 8.00. The smallest absolute Gasteiger partial charge is 0.123 e. The third kappa shape index (κ3) is 4.05. The molecule has 2 atom stereocenters. The van der Waals surface area contributed by atoms with Gasteiger partial charge in [-0.1, -0.05) is 13.8 Å². The minimum atomic E-state index is 0.694. The Bertz CT molecular complexity index is 415. The van der Waals surface area contributed by atoms with Gasteiger partial charge in [-0.05, 0) is 25.1 Å². The molecule has 0 aliphatic carbocycles. The lowest BCUT2D eigenvalue weighted by Gasteiger charge is -2.34. The summed E-state index contributed by atoms with van der Waals surface area (Å²) in [6.07, 6.45) is 0. The van der Waals surface area contributed by atoms with Crippen molar-refractivity contribution in [1.82, 2.24) is 4.90 Å². The van der Waals surface area contributed by atoms with Crippen LogP contribution in [0.1, 0.15) is 26.3 Å². The summed E-state index contributed by atoms with van der Waals surface area (Å²) in [5.41, 5.74) is 7.92. The quantitative estimate of drug-likeness (QED) is 0.861. The molecule has 0 amide bonds. The van der Waals surface area contributed by atoms with E-state index in [-0.39, 0.29) is 0 Å². The largest absolute Gasteiger partial charge is 0.494 e. The number of rotatable bonds is 4. The minimum Gasteiger partial charge on any atom is -0.494 e. The number of ether oxygens (including phenoxy) is 1. The predicted molar refractivity (Wildman–Crippen MR) is 83.8 cm³/mol. The van der Waals surface area contributed by atoms with Gasteiger partial charge in [0.05, 0.1) is 6.61 Å². The molecule has 0 aromatic heterocycles. The first kappa shape index (κ1) is 14.5. The molecule has 1 saturated heterocycles. The molecule has 19 heavy (non-hydrogen) atoms. The fourth-order valence-corrected chi connectivity index (χ4v) is 4.06. The average molecular weight is 280 g/mol. The molecule has 0 spiro atoms. The van der Waals surface area contributed by atoms with Gasteiger partial charge in [-0.25, -0.2) is 0 Å². The van der Waals surface area contributed by atoms with Crippen LogP contribution in [0, 0.1) is 0 Å². The van der Waals surface area contributed by atoms with E-state index in [4.69, 9.17) is 10.5 Å². The monoisotopic (exact) mass is 280 g/mol. The molecule has 1 aromatic carbocycles. The van der Waals surface area contributed by atoms with Gasteiger partial charge in [-0.3, -0.25) is 4.90 Å². The molecule has 1 aliphatic heterocycles. The first-order chi connectivity index (χ1) is 9.08. The topological polar surface area (TPSA) is 38.5 Å². The van der Waals surface area contributed by atoms with Crippen molar-refractivity contribution in [3.05, 3.63) is 23.8 Å². The summed E-state index contributed by atoms with van der Waals surface area (Å²) >= 11 is 2.08. The van der Waals surface area contributed by atoms with E-state index in [0.29, 0.717) is 17.1 Å². The van der Waals surface area contributed by atoms with Crippen molar-refractivity contribution in [1.29, 1.82) is 0 Å². The third-order valence-electron chi connectivity index (χ3n) is 3.27. The summed E-state index contributed by atoms with van der Waals surface area (Å²) < 4.78 is 5.70. The second-order valence-electron chi connectivity index (χ2n) is 5.25. The first-order valence-electron chi connectivity index (χ1n) is 6.97. The molecule has 1 aliphatic rings. The summed E-state index contributed by atoms with van der Waals surface area (Å²) in [5, 5.41) is 1.39. The van der Waals surface area contributed by atoms with E-state index >= 15 is 0 Å². The fourth-order valence-electron chi connectivity index (χ4n) is 2.67. The molecule has 0 bridgehead atoms. The van der Waals surface area contributed by atoms with Crippen LogP contribution in [0.4, 0.5) is 5.69 Å². The van der Waals surface area contributed by atoms with Crippen molar-refractivity contribution in [3.8, 4) is 5.75 Å². The van der Waals surface area contributed by atoms with Crippen molar-refractivity contribution >= 4 is 17.4 Å². The van der Waals surface area contributed by atoms with Gasteiger partial charge in [0.15, 0.2) is 0 Å². The maximum absolute atomic E-state index is 5.91. The van der Waals surface area contributed by atoms with Crippen molar-refractivity contribution in [3.63, 3.8) is 0 Å². The number of benzene rings is 1. The summed E-state index contributed by atoms with van der Waals surface area (Å²) in [7, 11) is 0. The van der Waals surface area contributed by atoms with E-state index in [2.05, 4.69) is 30.5 Å². The van der Waals surface area contributed by atoms with Crippen LogP contribution in [0.25, 0.3) is 0 Å². The van der Waals surface area contributed by atoms with Crippen LogP contribution in [-0.4, -0.2) is 35.1 Å². The van der Waals surface area contributed by atoms with Crippen molar-refractivity contribution in [2.45, 2.75) is 37.8 Å². The van der Waals surface area contributed by atoms with E-state index in [9.17, 15) is 0 Å². The number of hydrogen-bond acceptors (Lipinski definition) is 4. The lowest BCUT2D eigenvalue weighted by molar-refractivity contribution is 0.255. The molecule has 0 radical (unpaired) electrons. The summed E-state index contributed by atoms with van der Waals surface area (Å²) in [6.45, 7) is 10.5. The van der Waals surface area contributed by atoms with Crippen molar-refractivity contribution < 1.29 is 4.74 Å². The molecular weight excluding hydrogens is 256 g/mol. The van der Waals surface area contributed by atoms with Crippen LogP contribution >= 0.6 is 11.8 Å². The Balaban J connectivity index is 2.10. The van der Waals surface area contributed by atoms with Crippen LogP contribution in [0.3, 0.4) is 0 Å². The van der Waals surface area contributed by atoms with Gasteiger partial charge in [0.2, 0.25) is 0 Å². The van der Waals surface area contributed by atoms with Gasteiger partial charge in [-0.15, -0.1) is 0 Å². The van der Waals surface area contributed by atoms with Gasteiger partial charge in [0.1, 0.15) is 5.75 Å². The number of nitrogens with two attached hydrogens (primary N) is 1. The number of hydrogen-bond donors (Lipinski definition) is 1. The van der Waals surface area contributed by atoms with Crippen LogP contribution in [0.5, 0.6) is 5.75 Å². The molecule has 1 fully saturated rings. The highest BCUT2D eigenvalue weighted by Crippen LogP contribution is 2.28. The van der Waals surface area contributed by atoms with Crippen molar-refractivity contribution in [2.24, 2.45) is 0 Å². The zero-order valence-corrected chi connectivity index (χ0v) is 12.9. The third-order valence-corrected chi connectivity index (χ3v) is 4.50. The van der Waals surface area contributed by atoms with E-state index < -0.39 is 0 Å². The van der Waals surface area contributed by atoms with Crippen LogP contribution in [0.2, 0.25) is 0 Å². The Kier molecular flexibility index (Phi) is 4.99. The molecule has 2 N–H and O–H groups in total. The summed E-state index contributed by atoms with van der Waals surface area (Å²) in [5.74, 6) is 0.968. The lowest BCUT2D eigenvalue weighted by Crippen LogP contribution is -2.39. The molecule has 0 saturated carbocycles. The Hall–Kier alpha value is -0.870. The van der Waals surface area contributed by atoms with Gasteiger partial charge >= 0.3 is 0 Å². The Morgan fingerprint density at radius 1 is 1.32 bits per heavy atom. The molecule has 1 heterocycles. The Morgan fingerprint density at radius 2 is 2.00 bits per heavy atom. The number of nitrogen functional groups attached to an aromatic ring is 1. The lowest BCUT2D eigenvalue weighted by atomic mass is 10.1. The molecule has 4 heteroatoms. The fraction of sp³-hybridized carbons (Fsp3) is 0.600. The zero-order valence-electron chi connectivity index (χ0n) is 12.1. The normalized spacial score (nSPS) is 24.4. The molecular formula is C15H24N2OS. The SMILES string of the molecule is CCOc1ccc(N)cc1CN1CC(C)SC(C)C1. The molecule has 2 unspecified atom stereocenters. The van der Waals surface area contributed by atoms with E-state index in [0.717, 1.165) is 31.1 Å². The molecule has 3 nitrogen and oxygen atoms in total. The molecule has 2 rings (SSSR count). The second kappa shape index (κ2) is 6.53. The van der Waals surface area contributed by atoms with Crippen LogP contribution in [-0.2, 0) is 6.54 Å². The average Bonchev–Trinajstić information content (AvgIpc) is 2.31. The maximum atomic E-state index is 5.91. The maximum Gasteiger partial charge on any atom is 0.123 e. The zero-order chi connectivity index (χ0) is 13.8. The summed E-state index contributed by atoms with van der Waals surface area (Å²) in [4.78, 5) is 2.50. The second-order valence-corrected chi connectivity index (χ2v) is 7.13. The van der Waals surface area contributed by atoms with E-state index in [1.807, 2.05) is 25.1 Å². The minimum absolute atomic E-state index is 0.694. The standard InChI is InChI=1S/C15H24N2OS/c1-4-18-15-6-5-14(16)7-13(15)10-17-8-11(2)19-12(3)9-17/h5-7,11-12H,4,8-10,16H2,1-3H3. The van der Waals surface area contributed by atoms with E-state index in [1.54, 1.807) is 0 Å². The predicted octanol–water partition coefficient (Wildman–Crippen LogP) is 2.99. The number of thioether (sulfide) groups is 1. The number of nitrogens with zero attached hydrogens (tertiary/aromatic N) is 1. The number of anilines is 1. The highest BCUT2D eigenvalue weighted by Gasteiger charge is 2.23. The van der Waals surface area contributed by atoms with Crippen molar-refractivity contribution in [2.75, 3.05) is 25.4 Å². The van der Waals surface area contributed by atoms with Gasteiger partial charge in [-0.2, -0.15) is 11.8 Å². The van der Waals surface area contributed by atoms with Gasteiger partial charge in [0.25, 0.3) is 0 Å². The van der Waals surface area contributed by atoms with Crippen LogP contribution < -0.4 is 10.5 Å². The molecule has 1 aromatic rings.